The molecule has 2 heterocycles. The van der Waals surface area contributed by atoms with Crippen molar-refractivity contribution >= 4 is 33.0 Å². The molecule has 1 saturated heterocycles. The second-order valence-corrected chi connectivity index (χ2v) is 9.68. The van der Waals surface area contributed by atoms with Crippen molar-refractivity contribution in [3.8, 4) is 11.3 Å². The monoisotopic (exact) mass is 393 g/mol. The molecule has 1 fully saturated rings. The molecule has 0 aliphatic carbocycles. The predicted octanol–water partition coefficient (Wildman–Crippen LogP) is 1.70. The van der Waals surface area contributed by atoms with Gasteiger partial charge < -0.3 is 0 Å². The molecule has 1 aliphatic heterocycles. The third-order valence-electron chi connectivity index (χ3n) is 4.10. The molecule has 0 spiro atoms. The van der Waals surface area contributed by atoms with Crippen molar-refractivity contribution in [1.82, 2.24) is 15.8 Å². The number of thiazole rings is 1. The molecule has 3 rings (SSSR count). The fraction of sp³-hybridized carbons (Fsp3) is 0.353. The molecule has 0 saturated carbocycles. The maximum absolute atomic E-state index is 12.4. The Hall–Kier alpha value is -2.26. The van der Waals surface area contributed by atoms with Crippen LogP contribution in [0.1, 0.15) is 27.5 Å². The maximum atomic E-state index is 12.4. The summed E-state index contributed by atoms with van der Waals surface area (Å²) in [4.78, 5) is 29.2. The van der Waals surface area contributed by atoms with Crippen LogP contribution in [0.25, 0.3) is 11.3 Å². The van der Waals surface area contributed by atoms with E-state index in [1.165, 1.54) is 11.3 Å². The summed E-state index contributed by atoms with van der Waals surface area (Å²) in [5, 5.41) is 0.747. The molecule has 9 heteroatoms. The number of aryl methyl sites for hydroxylation is 1. The van der Waals surface area contributed by atoms with Crippen molar-refractivity contribution in [2.45, 2.75) is 19.8 Å². The fourth-order valence-corrected chi connectivity index (χ4v) is 5.60. The van der Waals surface area contributed by atoms with E-state index in [1.807, 2.05) is 37.3 Å². The number of hydrogen-bond donors (Lipinski definition) is 2. The Bertz CT molecular complexity index is 923. The average molecular weight is 393 g/mol. The van der Waals surface area contributed by atoms with Gasteiger partial charge in [0.15, 0.2) is 9.84 Å². The van der Waals surface area contributed by atoms with Gasteiger partial charge in [0.2, 0.25) is 5.91 Å². The van der Waals surface area contributed by atoms with Crippen molar-refractivity contribution in [2.24, 2.45) is 5.92 Å². The van der Waals surface area contributed by atoms with Crippen LogP contribution in [-0.2, 0) is 14.6 Å². The Morgan fingerprint density at radius 1 is 1.23 bits per heavy atom. The number of nitrogens with one attached hydrogen (secondary N) is 2. The maximum Gasteiger partial charge on any atom is 0.282 e. The lowest BCUT2D eigenvalue weighted by Crippen LogP contribution is -2.42. The number of benzene rings is 1. The van der Waals surface area contributed by atoms with Crippen LogP contribution in [-0.4, -0.2) is 36.7 Å². The predicted molar refractivity (Wildman–Crippen MR) is 99.3 cm³/mol. The molecule has 2 amide bonds. The topological polar surface area (TPSA) is 105 Å². The summed E-state index contributed by atoms with van der Waals surface area (Å²) >= 11 is 1.25. The van der Waals surface area contributed by atoms with Crippen molar-refractivity contribution in [3.05, 3.63) is 40.2 Å². The second-order valence-electron chi connectivity index (χ2n) is 6.25. The highest BCUT2D eigenvalue weighted by atomic mass is 32.2. The molecule has 0 radical (unpaired) electrons. The zero-order valence-corrected chi connectivity index (χ0v) is 15.8. The van der Waals surface area contributed by atoms with Crippen LogP contribution in [0, 0.1) is 12.8 Å². The Labute approximate surface area is 155 Å². The Morgan fingerprint density at radius 3 is 2.62 bits per heavy atom. The van der Waals surface area contributed by atoms with Gasteiger partial charge in [-0.3, -0.25) is 20.4 Å². The first-order valence-corrected chi connectivity index (χ1v) is 10.8. The number of aromatic nitrogens is 1. The lowest BCUT2D eigenvalue weighted by atomic mass is 10.1. The van der Waals surface area contributed by atoms with Gasteiger partial charge in [-0.05, 0) is 19.3 Å². The fourth-order valence-electron chi connectivity index (χ4n) is 2.90. The minimum absolute atomic E-state index is 0.0283. The molecule has 0 unspecified atom stereocenters. The third-order valence-corrected chi connectivity index (χ3v) is 6.91. The van der Waals surface area contributed by atoms with Gasteiger partial charge in [-0.2, -0.15) is 0 Å². The molecular weight excluding hydrogens is 374 g/mol. The van der Waals surface area contributed by atoms with E-state index in [2.05, 4.69) is 15.8 Å². The number of hydrogen-bond acceptors (Lipinski definition) is 6. The van der Waals surface area contributed by atoms with Gasteiger partial charge in [0.25, 0.3) is 5.91 Å². The van der Waals surface area contributed by atoms with Gasteiger partial charge in [0.05, 0.1) is 22.2 Å². The number of nitrogens with zero attached hydrogens (tertiary/aromatic N) is 1. The van der Waals surface area contributed by atoms with E-state index in [4.69, 9.17) is 0 Å². The summed E-state index contributed by atoms with van der Waals surface area (Å²) in [6.45, 7) is 1.81. The summed E-state index contributed by atoms with van der Waals surface area (Å²) in [6.07, 6.45) is 0.558. The highest BCUT2D eigenvalue weighted by Crippen LogP contribution is 2.27. The van der Waals surface area contributed by atoms with Gasteiger partial charge in [0.1, 0.15) is 4.88 Å². The first-order chi connectivity index (χ1) is 12.3. The smallest absolute Gasteiger partial charge is 0.273 e. The molecular formula is C17H19N3O4S2. The normalized spacial score (nSPS) is 18.4. The standard InChI is InChI=1S/C17H19N3O4S2/c1-11-18-15(13-5-3-2-4-6-13)16(25-11)17(22)20-19-14(21)9-12-7-8-26(23,24)10-12/h2-6,12H,7-10H2,1H3,(H,19,21)(H,20,22)/t12-/m0/s1. The number of rotatable bonds is 4. The van der Waals surface area contributed by atoms with Crippen LogP contribution in [0.3, 0.4) is 0 Å². The summed E-state index contributed by atoms with van der Waals surface area (Å²) in [5.74, 6) is -0.884. The van der Waals surface area contributed by atoms with Crippen LogP contribution in [0.15, 0.2) is 30.3 Å². The molecule has 1 atom stereocenters. The van der Waals surface area contributed by atoms with Crippen molar-refractivity contribution < 1.29 is 18.0 Å². The summed E-state index contributed by atoms with van der Waals surface area (Å²) < 4.78 is 22.9. The highest BCUT2D eigenvalue weighted by Gasteiger charge is 2.29. The minimum Gasteiger partial charge on any atom is -0.273 e. The number of carbonyl (C=O) groups is 2. The van der Waals surface area contributed by atoms with Crippen molar-refractivity contribution in [1.29, 1.82) is 0 Å². The van der Waals surface area contributed by atoms with E-state index < -0.39 is 21.7 Å². The van der Waals surface area contributed by atoms with Gasteiger partial charge >= 0.3 is 0 Å². The largest absolute Gasteiger partial charge is 0.282 e. The SMILES string of the molecule is Cc1nc(-c2ccccc2)c(C(=O)NNC(=O)C[C@@H]2CCS(=O)(=O)C2)s1. The molecule has 7 nitrogen and oxygen atoms in total. The summed E-state index contributed by atoms with van der Waals surface area (Å²) in [5.41, 5.74) is 6.16. The molecule has 1 aromatic heterocycles. The lowest BCUT2D eigenvalue weighted by Gasteiger charge is -2.10. The van der Waals surface area contributed by atoms with Crippen LogP contribution < -0.4 is 10.9 Å². The summed E-state index contributed by atoms with van der Waals surface area (Å²) in [6, 6.07) is 9.34. The van der Waals surface area contributed by atoms with Crippen molar-refractivity contribution in [3.63, 3.8) is 0 Å². The van der Waals surface area contributed by atoms with Crippen LogP contribution >= 0.6 is 11.3 Å². The number of carbonyl (C=O) groups excluding carboxylic acids is 2. The van der Waals surface area contributed by atoms with Crippen LogP contribution in [0.2, 0.25) is 0 Å². The van der Waals surface area contributed by atoms with Gasteiger partial charge in [-0.1, -0.05) is 30.3 Å². The Kier molecular flexibility index (Phi) is 5.38. The van der Waals surface area contributed by atoms with Gasteiger partial charge in [0, 0.05) is 12.0 Å². The number of hydrazine groups is 1. The lowest BCUT2D eigenvalue weighted by molar-refractivity contribution is -0.122. The van der Waals surface area contributed by atoms with Gasteiger partial charge in [-0.15, -0.1) is 11.3 Å². The third kappa shape index (κ3) is 4.47. The Morgan fingerprint density at radius 2 is 1.96 bits per heavy atom. The quantitative estimate of drug-likeness (QED) is 0.769. The van der Waals surface area contributed by atoms with E-state index in [0.29, 0.717) is 17.0 Å². The zero-order chi connectivity index (χ0) is 18.7. The molecule has 0 bridgehead atoms. The number of amides is 2. The Balaban J connectivity index is 1.61. The molecule has 2 N–H and O–H groups in total. The van der Waals surface area contributed by atoms with E-state index in [-0.39, 0.29) is 23.8 Å². The van der Waals surface area contributed by atoms with Crippen LogP contribution in [0.5, 0.6) is 0 Å². The molecule has 1 aromatic carbocycles. The van der Waals surface area contributed by atoms with E-state index >= 15 is 0 Å². The van der Waals surface area contributed by atoms with Crippen molar-refractivity contribution in [2.75, 3.05) is 11.5 Å². The van der Waals surface area contributed by atoms with Gasteiger partial charge in [-0.25, -0.2) is 13.4 Å². The zero-order valence-electron chi connectivity index (χ0n) is 14.2. The highest BCUT2D eigenvalue weighted by molar-refractivity contribution is 7.91. The average Bonchev–Trinajstić information content (AvgIpc) is 3.15. The molecule has 26 heavy (non-hydrogen) atoms. The van der Waals surface area contributed by atoms with E-state index in [0.717, 1.165) is 10.6 Å². The minimum atomic E-state index is -3.02. The molecule has 2 aromatic rings. The molecule has 1 aliphatic rings. The number of sulfone groups is 1. The first-order valence-electron chi connectivity index (χ1n) is 8.16. The van der Waals surface area contributed by atoms with E-state index in [1.54, 1.807) is 0 Å². The van der Waals surface area contributed by atoms with Crippen LogP contribution in [0.4, 0.5) is 0 Å². The van der Waals surface area contributed by atoms with E-state index in [9.17, 15) is 18.0 Å². The second kappa shape index (κ2) is 7.55. The molecule has 138 valence electrons. The first kappa shape index (κ1) is 18.5. The summed E-state index contributed by atoms with van der Waals surface area (Å²) in [7, 11) is -3.02.